The molecular formula is C10H13N3O5S2. The van der Waals surface area contributed by atoms with E-state index in [1.54, 1.807) is 0 Å². The van der Waals surface area contributed by atoms with Crippen LogP contribution in [0.25, 0.3) is 0 Å². The number of sulfonamides is 1. The molecule has 1 aliphatic rings. The molecule has 110 valence electrons. The van der Waals surface area contributed by atoms with E-state index in [0.29, 0.717) is 5.13 Å². The van der Waals surface area contributed by atoms with Gasteiger partial charge in [-0.05, 0) is 0 Å². The molecule has 8 nitrogen and oxygen atoms in total. The summed E-state index contributed by atoms with van der Waals surface area (Å²) in [6.07, 6.45) is 1.43. The van der Waals surface area contributed by atoms with Crippen LogP contribution in [0.2, 0.25) is 0 Å². The second-order valence-corrected chi connectivity index (χ2v) is 7.07. The third kappa shape index (κ3) is 3.32. The fraction of sp³-hybridized carbons (Fsp3) is 0.500. The minimum Gasteiger partial charge on any atom is -0.465 e. The number of carbonyl (C=O) groups excluding carboxylic acids is 2. The van der Waals surface area contributed by atoms with Gasteiger partial charge in [0.1, 0.15) is 4.88 Å². The lowest BCUT2D eigenvalue weighted by molar-refractivity contribution is -0.117. The molecule has 20 heavy (non-hydrogen) atoms. The smallest absolute Gasteiger partial charge is 0.349 e. The van der Waals surface area contributed by atoms with Crippen LogP contribution in [0.1, 0.15) is 16.1 Å². The minimum atomic E-state index is -3.62. The zero-order chi connectivity index (χ0) is 14.9. The molecule has 1 aliphatic heterocycles. The molecule has 0 bridgehead atoms. The first-order chi connectivity index (χ1) is 9.30. The van der Waals surface area contributed by atoms with Gasteiger partial charge >= 0.3 is 5.97 Å². The van der Waals surface area contributed by atoms with E-state index in [-0.39, 0.29) is 35.4 Å². The molecule has 1 amide bonds. The summed E-state index contributed by atoms with van der Waals surface area (Å²) in [4.78, 5) is 28.8. The van der Waals surface area contributed by atoms with Gasteiger partial charge in [0.2, 0.25) is 15.9 Å². The number of methoxy groups -OCH3 is 1. The normalized spacial score (nSPS) is 19.4. The van der Waals surface area contributed by atoms with E-state index < -0.39 is 16.0 Å². The van der Waals surface area contributed by atoms with Crippen molar-refractivity contribution in [3.8, 4) is 0 Å². The van der Waals surface area contributed by atoms with Crippen LogP contribution in [0.15, 0.2) is 6.20 Å². The van der Waals surface area contributed by atoms with Gasteiger partial charge in [0.05, 0.1) is 19.1 Å². The number of thiazole rings is 1. The SMILES string of the molecule is COC(=O)c1cnc(N2CC(CS(N)(=O)=O)CC2=O)s1. The van der Waals surface area contributed by atoms with E-state index in [2.05, 4.69) is 9.72 Å². The molecule has 1 aromatic heterocycles. The summed E-state index contributed by atoms with van der Waals surface area (Å²) < 4.78 is 26.6. The van der Waals surface area contributed by atoms with Gasteiger partial charge in [-0.25, -0.2) is 23.3 Å². The van der Waals surface area contributed by atoms with Crippen LogP contribution < -0.4 is 10.0 Å². The van der Waals surface area contributed by atoms with Crippen molar-refractivity contribution in [3.05, 3.63) is 11.1 Å². The summed E-state index contributed by atoms with van der Waals surface area (Å²) >= 11 is 1.03. The van der Waals surface area contributed by atoms with Crippen LogP contribution in [-0.2, 0) is 19.6 Å². The molecule has 1 fully saturated rings. The van der Waals surface area contributed by atoms with Crippen molar-refractivity contribution in [2.75, 3.05) is 24.3 Å². The number of carbonyl (C=O) groups is 2. The number of hydrogen-bond donors (Lipinski definition) is 1. The predicted octanol–water partition coefficient (Wildman–Crippen LogP) is -0.429. The van der Waals surface area contributed by atoms with Gasteiger partial charge in [-0.1, -0.05) is 11.3 Å². The van der Waals surface area contributed by atoms with E-state index in [4.69, 9.17) is 5.14 Å². The van der Waals surface area contributed by atoms with Gasteiger partial charge < -0.3 is 4.74 Å². The van der Waals surface area contributed by atoms with Crippen molar-refractivity contribution >= 4 is 38.4 Å². The van der Waals surface area contributed by atoms with Crippen LogP contribution in [-0.4, -0.2) is 44.7 Å². The van der Waals surface area contributed by atoms with Crippen LogP contribution >= 0.6 is 11.3 Å². The lowest BCUT2D eigenvalue weighted by Gasteiger charge is -2.12. The largest absolute Gasteiger partial charge is 0.465 e. The number of rotatable bonds is 4. The Hall–Kier alpha value is -1.52. The van der Waals surface area contributed by atoms with Gasteiger partial charge in [-0.3, -0.25) is 9.69 Å². The van der Waals surface area contributed by atoms with Crippen LogP contribution in [0.5, 0.6) is 0 Å². The van der Waals surface area contributed by atoms with Gasteiger partial charge in [0.15, 0.2) is 5.13 Å². The van der Waals surface area contributed by atoms with Crippen molar-refractivity contribution < 1.29 is 22.7 Å². The Labute approximate surface area is 119 Å². The molecule has 0 aliphatic carbocycles. The van der Waals surface area contributed by atoms with Crippen LogP contribution in [0, 0.1) is 5.92 Å². The summed E-state index contributed by atoms with van der Waals surface area (Å²) in [6.45, 7) is 0.226. The molecule has 2 N–H and O–H groups in total. The molecule has 10 heteroatoms. The van der Waals surface area contributed by atoms with Crippen LogP contribution in [0.4, 0.5) is 5.13 Å². The molecule has 1 unspecified atom stereocenters. The maximum Gasteiger partial charge on any atom is 0.349 e. The average Bonchev–Trinajstić information content (AvgIpc) is 2.92. The molecule has 0 saturated carbocycles. The fourth-order valence-corrected chi connectivity index (χ4v) is 3.73. The van der Waals surface area contributed by atoms with E-state index in [1.807, 2.05) is 0 Å². The highest BCUT2D eigenvalue weighted by molar-refractivity contribution is 7.89. The summed E-state index contributed by atoms with van der Waals surface area (Å²) in [6, 6.07) is 0. The number of aromatic nitrogens is 1. The summed E-state index contributed by atoms with van der Waals surface area (Å²) in [5.41, 5.74) is 0. The lowest BCUT2D eigenvalue weighted by Crippen LogP contribution is -2.27. The van der Waals surface area contributed by atoms with Crippen LogP contribution in [0.3, 0.4) is 0 Å². The highest BCUT2D eigenvalue weighted by Gasteiger charge is 2.34. The highest BCUT2D eigenvalue weighted by Crippen LogP contribution is 2.29. The Morgan fingerprint density at radius 1 is 1.65 bits per heavy atom. The number of anilines is 1. The minimum absolute atomic E-state index is 0.101. The molecule has 0 aromatic carbocycles. The Morgan fingerprint density at radius 2 is 2.35 bits per heavy atom. The van der Waals surface area contributed by atoms with Crippen molar-refractivity contribution in [3.63, 3.8) is 0 Å². The van der Waals surface area contributed by atoms with Gasteiger partial charge in [0, 0.05) is 18.9 Å². The molecule has 0 radical (unpaired) electrons. The molecule has 1 atom stereocenters. The number of nitrogens with zero attached hydrogens (tertiary/aromatic N) is 2. The second-order valence-electron chi connectivity index (χ2n) is 4.40. The topological polar surface area (TPSA) is 120 Å². The lowest BCUT2D eigenvalue weighted by atomic mass is 10.1. The van der Waals surface area contributed by atoms with E-state index in [9.17, 15) is 18.0 Å². The zero-order valence-electron chi connectivity index (χ0n) is 10.6. The highest BCUT2D eigenvalue weighted by atomic mass is 32.2. The number of esters is 1. The van der Waals surface area contributed by atoms with Crippen molar-refractivity contribution in [1.82, 2.24) is 4.98 Å². The van der Waals surface area contributed by atoms with Gasteiger partial charge in [-0.2, -0.15) is 0 Å². The summed E-state index contributed by atoms with van der Waals surface area (Å²) in [5, 5.41) is 5.33. The van der Waals surface area contributed by atoms with Gasteiger partial charge in [0.25, 0.3) is 0 Å². The molecule has 1 aromatic rings. The quantitative estimate of drug-likeness (QED) is 0.752. The summed E-state index contributed by atoms with van der Waals surface area (Å²) in [7, 11) is -2.36. The molecule has 1 saturated heterocycles. The standard InChI is InChI=1S/C10H13N3O5S2/c1-18-9(15)7-3-12-10(19-7)13-4-6(2-8(13)14)5-20(11,16)17/h3,6H,2,4-5H2,1H3,(H2,11,16,17). The Balaban J connectivity index is 2.12. The number of primary sulfonamides is 1. The van der Waals surface area contributed by atoms with Gasteiger partial charge in [-0.15, -0.1) is 0 Å². The molecular weight excluding hydrogens is 306 g/mol. The maximum absolute atomic E-state index is 11.9. The fourth-order valence-electron chi connectivity index (χ4n) is 1.99. The molecule has 2 rings (SSSR count). The predicted molar refractivity (Wildman–Crippen MR) is 71.9 cm³/mol. The maximum atomic E-state index is 11.9. The van der Waals surface area contributed by atoms with Crippen molar-refractivity contribution in [1.29, 1.82) is 0 Å². The number of hydrogen-bond acceptors (Lipinski definition) is 7. The Kier molecular flexibility index (Phi) is 4.06. The third-order valence-electron chi connectivity index (χ3n) is 2.78. The third-order valence-corrected chi connectivity index (χ3v) is 4.72. The first kappa shape index (κ1) is 14.9. The number of amides is 1. The molecule has 2 heterocycles. The second kappa shape index (κ2) is 5.46. The zero-order valence-corrected chi connectivity index (χ0v) is 12.2. The van der Waals surface area contributed by atoms with E-state index in [1.165, 1.54) is 18.2 Å². The first-order valence-electron chi connectivity index (χ1n) is 5.65. The summed E-state index contributed by atoms with van der Waals surface area (Å²) in [5.74, 6) is -1.36. The number of ether oxygens (including phenoxy) is 1. The Morgan fingerprint density at radius 3 is 2.95 bits per heavy atom. The number of nitrogens with two attached hydrogens (primary N) is 1. The first-order valence-corrected chi connectivity index (χ1v) is 8.18. The van der Waals surface area contributed by atoms with E-state index in [0.717, 1.165) is 11.3 Å². The average molecular weight is 319 g/mol. The van der Waals surface area contributed by atoms with E-state index >= 15 is 0 Å². The monoisotopic (exact) mass is 319 g/mol. The molecule has 0 spiro atoms. The van der Waals surface area contributed by atoms with Crippen molar-refractivity contribution in [2.24, 2.45) is 11.1 Å². The van der Waals surface area contributed by atoms with Crippen molar-refractivity contribution in [2.45, 2.75) is 6.42 Å². The Bertz CT molecular complexity index is 639.